The largest absolute Gasteiger partial charge is 0.383 e. The fraction of sp³-hybridized carbons (Fsp3) is 0.400. The van der Waals surface area contributed by atoms with E-state index in [1.54, 1.807) is 0 Å². The number of carbonyl (C=O) groups is 2. The van der Waals surface area contributed by atoms with Gasteiger partial charge in [0.25, 0.3) is 0 Å². The molecule has 7 heteroatoms. The summed E-state index contributed by atoms with van der Waals surface area (Å²) in [6.07, 6.45) is 2.44. The maximum Gasteiger partial charge on any atom is 0.227 e. The van der Waals surface area contributed by atoms with Crippen molar-refractivity contribution < 1.29 is 9.59 Å². The lowest BCUT2D eigenvalue weighted by molar-refractivity contribution is -0.130. The number of aromatic nitrogens is 2. The highest BCUT2D eigenvalue weighted by Crippen LogP contribution is 2.21. The van der Waals surface area contributed by atoms with Crippen LogP contribution >= 0.6 is 0 Å². The predicted molar refractivity (Wildman–Crippen MR) is 105 cm³/mol. The van der Waals surface area contributed by atoms with Crippen molar-refractivity contribution in [2.45, 2.75) is 26.2 Å². The van der Waals surface area contributed by atoms with Gasteiger partial charge in [-0.25, -0.2) is 9.97 Å². The van der Waals surface area contributed by atoms with Crippen molar-refractivity contribution in [3.63, 3.8) is 0 Å². The molecule has 7 nitrogen and oxygen atoms in total. The Hall–Kier alpha value is -2.96. The van der Waals surface area contributed by atoms with Gasteiger partial charge in [-0.05, 0) is 17.0 Å². The molecule has 0 atom stereocenters. The van der Waals surface area contributed by atoms with Crippen LogP contribution in [0.4, 0.5) is 11.6 Å². The molecule has 1 aliphatic rings. The van der Waals surface area contributed by atoms with E-state index < -0.39 is 0 Å². The smallest absolute Gasteiger partial charge is 0.227 e. The Morgan fingerprint density at radius 3 is 2.41 bits per heavy atom. The van der Waals surface area contributed by atoms with Crippen LogP contribution in [0.15, 0.2) is 30.6 Å². The predicted octanol–water partition coefficient (Wildman–Crippen LogP) is 1.89. The minimum absolute atomic E-state index is 0.116. The van der Waals surface area contributed by atoms with Crippen LogP contribution in [0, 0.1) is 0 Å². The van der Waals surface area contributed by atoms with Crippen LogP contribution in [0.25, 0.3) is 0 Å². The van der Waals surface area contributed by atoms with Gasteiger partial charge in [-0.15, -0.1) is 0 Å². The summed E-state index contributed by atoms with van der Waals surface area (Å²) in [5.41, 5.74) is 8.36. The molecule has 1 saturated heterocycles. The number of aldehydes is 1. The second-order valence-electron chi connectivity index (χ2n) is 7.05. The molecule has 2 aromatic rings. The van der Waals surface area contributed by atoms with Gasteiger partial charge in [0.2, 0.25) is 5.91 Å². The lowest BCUT2D eigenvalue weighted by atomic mass is 10.0. The summed E-state index contributed by atoms with van der Waals surface area (Å²) in [6.45, 7) is 6.70. The second kappa shape index (κ2) is 8.16. The topological polar surface area (TPSA) is 92.4 Å². The first-order chi connectivity index (χ1) is 13.0. The van der Waals surface area contributed by atoms with Crippen LogP contribution in [-0.4, -0.2) is 53.2 Å². The number of piperazine rings is 1. The monoisotopic (exact) mass is 367 g/mol. The number of rotatable bonds is 5. The lowest BCUT2D eigenvalue weighted by Gasteiger charge is -2.36. The first-order valence-electron chi connectivity index (χ1n) is 9.16. The molecule has 1 amide bonds. The zero-order valence-corrected chi connectivity index (χ0v) is 15.8. The van der Waals surface area contributed by atoms with Gasteiger partial charge in [0.15, 0.2) is 6.29 Å². The summed E-state index contributed by atoms with van der Waals surface area (Å²) in [5.74, 6) is 1.31. The Morgan fingerprint density at radius 1 is 1.15 bits per heavy atom. The maximum absolute atomic E-state index is 12.6. The minimum atomic E-state index is 0.116. The molecule has 142 valence electrons. The van der Waals surface area contributed by atoms with E-state index in [1.807, 2.05) is 21.9 Å². The number of benzene rings is 1. The summed E-state index contributed by atoms with van der Waals surface area (Å²) in [7, 11) is 0. The number of hydrogen-bond acceptors (Lipinski definition) is 6. The van der Waals surface area contributed by atoms with Crippen LogP contribution in [0.1, 0.15) is 41.3 Å². The highest BCUT2D eigenvalue weighted by atomic mass is 16.2. The van der Waals surface area contributed by atoms with Gasteiger partial charge < -0.3 is 15.5 Å². The average Bonchev–Trinajstić information content (AvgIpc) is 2.68. The number of nitrogens with two attached hydrogens (primary N) is 1. The summed E-state index contributed by atoms with van der Waals surface area (Å²) in [5, 5.41) is 0. The van der Waals surface area contributed by atoms with Gasteiger partial charge >= 0.3 is 0 Å². The van der Waals surface area contributed by atoms with Crippen molar-refractivity contribution in [3.8, 4) is 0 Å². The number of nitrogens with zero attached hydrogens (tertiary/aromatic N) is 4. The number of nitrogen functional groups attached to an aromatic ring is 1. The molecule has 3 rings (SSSR count). The van der Waals surface area contributed by atoms with E-state index in [4.69, 9.17) is 5.73 Å². The van der Waals surface area contributed by atoms with Gasteiger partial charge in [-0.2, -0.15) is 0 Å². The Labute approximate surface area is 159 Å². The van der Waals surface area contributed by atoms with E-state index >= 15 is 0 Å². The Balaban J connectivity index is 1.59. The molecule has 1 aromatic heterocycles. The molecule has 0 radical (unpaired) electrons. The van der Waals surface area contributed by atoms with E-state index in [0.29, 0.717) is 56.2 Å². The summed E-state index contributed by atoms with van der Waals surface area (Å²) in [6, 6.07) is 8.24. The van der Waals surface area contributed by atoms with Crippen LogP contribution in [-0.2, 0) is 11.2 Å². The Morgan fingerprint density at radius 2 is 1.81 bits per heavy atom. The zero-order chi connectivity index (χ0) is 19.4. The number of anilines is 2. The molecule has 0 spiro atoms. The summed E-state index contributed by atoms with van der Waals surface area (Å²) in [4.78, 5) is 35.8. The van der Waals surface area contributed by atoms with Gasteiger partial charge in [-0.3, -0.25) is 9.59 Å². The third-order valence-electron chi connectivity index (χ3n) is 4.95. The fourth-order valence-corrected chi connectivity index (χ4v) is 3.24. The van der Waals surface area contributed by atoms with Crippen molar-refractivity contribution in [1.82, 2.24) is 14.9 Å². The third kappa shape index (κ3) is 4.24. The first kappa shape index (κ1) is 18.8. The van der Waals surface area contributed by atoms with Crippen LogP contribution in [0.3, 0.4) is 0 Å². The molecule has 1 aliphatic heterocycles. The van der Waals surface area contributed by atoms with Crippen molar-refractivity contribution in [2.24, 2.45) is 0 Å². The van der Waals surface area contributed by atoms with Gasteiger partial charge in [-0.1, -0.05) is 38.1 Å². The van der Waals surface area contributed by atoms with E-state index in [2.05, 4.69) is 35.9 Å². The molecule has 27 heavy (non-hydrogen) atoms. The highest BCUT2D eigenvalue weighted by Gasteiger charge is 2.24. The molecule has 1 aromatic carbocycles. The number of amides is 1. The average molecular weight is 367 g/mol. The zero-order valence-electron chi connectivity index (χ0n) is 15.8. The maximum atomic E-state index is 12.6. The number of carbonyl (C=O) groups excluding carboxylic acids is 2. The lowest BCUT2D eigenvalue weighted by Crippen LogP contribution is -2.49. The molecule has 2 heterocycles. The summed E-state index contributed by atoms with van der Waals surface area (Å²) < 4.78 is 0. The molecular weight excluding hydrogens is 342 g/mol. The minimum Gasteiger partial charge on any atom is -0.383 e. The standard InChI is InChI=1S/C20H25N5O2/c1-14(2)16-5-3-15(4-6-16)11-18(27)24-7-9-25(10-8-24)20-17(12-26)19(21)22-13-23-20/h3-6,12-14H,7-11H2,1-2H3,(H2,21,22,23). The first-order valence-corrected chi connectivity index (χ1v) is 9.16. The highest BCUT2D eigenvalue weighted by molar-refractivity contribution is 5.88. The molecule has 2 N–H and O–H groups in total. The van der Waals surface area contributed by atoms with Gasteiger partial charge in [0.1, 0.15) is 18.0 Å². The normalized spacial score (nSPS) is 14.5. The fourth-order valence-electron chi connectivity index (χ4n) is 3.24. The van der Waals surface area contributed by atoms with Crippen LogP contribution in [0.2, 0.25) is 0 Å². The molecule has 0 unspecified atom stereocenters. The quantitative estimate of drug-likeness (QED) is 0.811. The van der Waals surface area contributed by atoms with Crippen molar-refractivity contribution >= 4 is 23.8 Å². The molecule has 0 bridgehead atoms. The molecule has 0 aliphatic carbocycles. The van der Waals surface area contributed by atoms with Crippen LogP contribution in [0.5, 0.6) is 0 Å². The van der Waals surface area contributed by atoms with Crippen molar-refractivity contribution in [2.75, 3.05) is 36.8 Å². The molecular formula is C20H25N5O2. The SMILES string of the molecule is CC(C)c1ccc(CC(=O)N2CCN(c3ncnc(N)c3C=O)CC2)cc1. The van der Waals surface area contributed by atoms with Crippen molar-refractivity contribution in [3.05, 3.63) is 47.3 Å². The van der Waals surface area contributed by atoms with Gasteiger partial charge in [0.05, 0.1) is 12.0 Å². The number of hydrogen-bond donors (Lipinski definition) is 1. The van der Waals surface area contributed by atoms with E-state index in [-0.39, 0.29) is 11.7 Å². The van der Waals surface area contributed by atoms with Gasteiger partial charge in [0, 0.05) is 26.2 Å². The van der Waals surface area contributed by atoms with Crippen LogP contribution < -0.4 is 10.6 Å². The Kier molecular flexibility index (Phi) is 5.69. The van der Waals surface area contributed by atoms with E-state index in [0.717, 1.165) is 5.56 Å². The second-order valence-corrected chi connectivity index (χ2v) is 7.05. The summed E-state index contributed by atoms with van der Waals surface area (Å²) >= 11 is 0. The van der Waals surface area contributed by atoms with Crippen molar-refractivity contribution in [1.29, 1.82) is 0 Å². The van der Waals surface area contributed by atoms with E-state index in [9.17, 15) is 9.59 Å². The Bertz CT molecular complexity index is 812. The molecule has 1 fully saturated rings. The van der Waals surface area contributed by atoms with E-state index in [1.165, 1.54) is 11.9 Å². The molecule has 0 saturated carbocycles. The third-order valence-corrected chi connectivity index (χ3v) is 4.95.